The second-order valence-electron chi connectivity index (χ2n) is 10.1. The number of amides is 2. The zero-order valence-corrected chi connectivity index (χ0v) is 25.7. The summed E-state index contributed by atoms with van der Waals surface area (Å²) in [5, 5.41) is 3.49. The van der Waals surface area contributed by atoms with Crippen molar-refractivity contribution in [3.05, 3.63) is 93.7 Å². The van der Waals surface area contributed by atoms with Crippen molar-refractivity contribution in [3.63, 3.8) is 0 Å². The van der Waals surface area contributed by atoms with Gasteiger partial charge >= 0.3 is 0 Å². The predicted octanol–water partition coefficient (Wildman–Crippen LogP) is 6.22. The van der Waals surface area contributed by atoms with E-state index in [2.05, 4.69) is 5.32 Å². The molecule has 3 aromatic carbocycles. The molecule has 0 saturated heterocycles. The number of nitrogens with zero attached hydrogens (tertiary/aromatic N) is 2. The van der Waals surface area contributed by atoms with Crippen LogP contribution in [0, 0.1) is 18.7 Å². The molecule has 3 rings (SSSR count). The smallest absolute Gasteiger partial charge is 0.264 e. The first-order valence-electron chi connectivity index (χ1n) is 13.2. The molecule has 0 saturated carbocycles. The summed E-state index contributed by atoms with van der Waals surface area (Å²) in [5.74, 6) is -1.35. The molecule has 0 fully saturated rings. The van der Waals surface area contributed by atoms with Gasteiger partial charge in [0.2, 0.25) is 11.8 Å². The second-order valence-corrected chi connectivity index (χ2v) is 12.8. The number of carbonyl (C=O) groups is 2. The summed E-state index contributed by atoms with van der Waals surface area (Å²) >= 11 is 12.3. The lowest BCUT2D eigenvalue weighted by molar-refractivity contribution is -0.140. The van der Waals surface area contributed by atoms with Crippen molar-refractivity contribution in [1.82, 2.24) is 10.2 Å². The van der Waals surface area contributed by atoms with Crippen LogP contribution in [0.3, 0.4) is 0 Å². The van der Waals surface area contributed by atoms with Gasteiger partial charge in [-0.1, -0.05) is 67.7 Å². The Balaban J connectivity index is 2.05. The number of sulfonamides is 1. The van der Waals surface area contributed by atoms with E-state index in [1.54, 1.807) is 37.3 Å². The van der Waals surface area contributed by atoms with Crippen LogP contribution in [0.2, 0.25) is 10.0 Å². The zero-order valence-electron chi connectivity index (χ0n) is 23.4. The van der Waals surface area contributed by atoms with Gasteiger partial charge in [-0.25, -0.2) is 12.8 Å². The van der Waals surface area contributed by atoms with Crippen molar-refractivity contribution in [2.75, 3.05) is 17.4 Å². The molecule has 0 aliphatic rings. The maximum Gasteiger partial charge on any atom is 0.264 e. The number of anilines is 1. The van der Waals surface area contributed by atoms with Crippen LogP contribution in [0.1, 0.15) is 38.3 Å². The quantitative estimate of drug-likeness (QED) is 0.260. The van der Waals surface area contributed by atoms with Gasteiger partial charge in [0.15, 0.2) is 0 Å². The van der Waals surface area contributed by atoms with E-state index < -0.39 is 34.3 Å². The Morgan fingerprint density at radius 2 is 1.59 bits per heavy atom. The van der Waals surface area contributed by atoms with Crippen molar-refractivity contribution in [2.45, 2.75) is 51.6 Å². The Hall–Kier alpha value is -3.14. The number of hydrogen-bond acceptors (Lipinski definition) is 4. The summed E-state index contributed by atoms with van der Waals surface area (Å²) in [5.41, 5.74) is 1.57. The first-order valence-corrected chi connectivity index (χ1v) is 15.4. The number of nitrogens with one attached hydrogen (secondary N) is 1. The van der Waals surface area contributed by atoms with Crippen LogP contribution in [0.4, 0.5) is 10.1 Å². The monoisotopic (exact) mass is 621 g/mol. The Kier molecular flexibility index (Phi) is 11.2. The molecular formula is C30H34Cl2FN3O4S. The van der Waals surface area contributed by atoms with Crippen molar-refractivity contribution in [2.24, 2.45) is 5.92 Å². The van der Waals surface area contributed by atoms with Crippen molar-refractivity contribution >= 4 is 50.7 Å². The molecule has 0 radical (unpaired) electrons. The van der Waals surface area contributed by atoms with E-state index in [1.807, 2.05) is 20.8 Å². The summed E-state index contributed by atoms with van der Waals surface area (Å²) < 4.78 is 42.4. The van der Waals surface area contributed by atoms with Gasteiger partial charge in [-0.3, -0.25) is 13.9 Å². The van der Waals surface area contributed by atoms with E-state index in [1.165, 1.54) is 29.2 Å². The van der Waals surface area contributed by atoms with Crippen LogP contribution in [0.5, 0.6) is 0 Å². The van der Waals surface area contributed by atoms with Gasteiger partial charge in [0.25, 0.3) is 10.0 Å². The van der Waals surface area contributed by atoms with Crippen LogP contribution in [0.25, 0.3) is 0 Å². The van der Waals surface area contributed by atoms with Crippen LogP contribution < -0.4 is 9.62 Å². The Morgan fingerprint density at radius 3 is 2.15 bits per heavy atom. The van der Waals surface area contributed by atoms with E-state index in [4.69, 9.17) is 23.2 Å². The van der Waals surface area contributed by atoms with Gasteiger partial charge in [0.05, 0.1) is 20.6 Å². The predicted molar refractivity (Wildman–Crippen MR) is 161 cm³/mol. The van der Waals surface area contributed by atoms with Crippen LogP contribution in [0.15, 0.2) is 71.6 Å². The molecule has 7 nitrogen and oxygen atoms in total. The molecule has 1 unspecified atom stereocenters. The topological polar surface area (TPSA) is 86.8 Å². The highest BCUT2D eigenvalue weighted by molar-refractivity contribution is 7.92. The molecule has 0 aromatic heterocycles. The number of hydrogen-bond donors (Lipinski definition) is 1. The molecule has 0 bridgehead atoms. The fraction of sp³-hybridized carbons (Fsp3) is 0.333. The van der Waals surface area contributed by atoms with E-state index in [-0.39, 0.29) is 40.4 Å². The third-order valence-electron chi connectivity index (χ3n) is 6.41. The molecule has 41 heavy (non-hydrogen) atoms. The lowest BCUT2D eigenvalue weighted by atomic mass is 10.1. The molecule has 1 N–H and O–H groups in total. The van der Waals surface area contributed by atoms with Crippen LogP contribution in [-0.4, -0.2) is 44.3 Å². The van der Waals surface area contributed by atoms with Crippen LogP contribution in [-0.2, 0) is 26.2 Å². The minimum atomic E-state index is -4.25. The number of aryl methyl sites for hydroxylation is 1. The van der Waals surface area contributed by atoms with Crippen molar-refractivity contribution in [3.8, 4) is 0 Å². The van der Waals surface area contributed by atoms with Gasteiger partial charge in [0.1, 0.15) is 18.4 Å². The zero-order chi connectivity index (χ0) is 30.3. The SMILES string of the molecule is CCC(C(=O)NCC(C)C)N(Cc1ccc(Cl)c(Cl)c1)C(=O)CN(c1ccc(F)cc1)S(=O)(=O)c1ccc(C)cc1. The minimum Gasteiger partial charge on any atom is -0.354 e. The van der Waals surface area contributed by atoms with Gasteiger partial charge in [-0.15, -0.1) is 0 Å². The Labute approximate surface area is 251 Å². The summed E-state index contributed by atoms with van der Waals surface area (Å²) in [7, 11) is -4.25. The van der Waals surface area contributed by atoms with Gasteiger partial charge in [-0.05, 0) is 73.4 Å². The molecule has 0 aliphatic heterocycles. The molecule has 11 heteroatoms. The minimum absolute atomic E-state index is 0.0227. The average Bonchev–Trinajstić information content (AvgIpc) is 2.93. The summed E-state index contributed by atoms with van der Waals surface area (Å²) in [6, 6.07) is 15.0. The molecule has 0 heterocycles. The van der Waals surface area contributed by atoms with E-state index in [9.17, 15) is 22.4 Å². The first-order chi connectivity index (χ1) is 19.3. The number of rotatable bonds is 12. The normalized spacial score (nSPS) is 12.2. The average molecular weight is 623 g/mol. The summed E-state index contributed by atoms with van der Waals surface area (Å²) in [6.07, 6.45) is 0.276. The summed E-state index contributed by atoms with van der Waals surface area (Å²) in [6.45, 7) is 7.27. The van der Waals surface area contributed by atoms with Crippen LogP contribution >= 0.6 is 23.2 Å². The highest BCUT2D eigenvalue weighted by Gasteiger charge is 2.33. The fourth-order valence-electron chi connectivity index (χ4n) is 4.15. The maximum atomic E-state index is 14.0. The second kappa shape index (κ2) is 14.2. The largest absolute Gasteiger partial charge is 0.354 e. The highest BCUT2D eigenvalue weighted by Crippen LogP contribution is 2.27. The summed E-state index contributed by atoms with van der Waals surface area (Å²) in [4.78, 5) is 28.6. The third kappa shape index (κ3) is 8.44. The lowest BCUT2D eigenvalue weighted by Crippen LogP contribution is -2.52. The highest BCUT2D eigenvalue weighted by atomic mass is 35.5. The molecule has 0 spiro atoms. The molecule has 0 aliphatic carbocycles. The molecule has 1 atom stereocenters. The molecule has 2 amide bonds. The van der Waals surface area contributed by atoms with E-state index in [0.29, 0.717) is 17.1 Å². The Bertz CT molecular complexity index is 1470. The van der Waals surface area contributed by atoms with Crippen molar-refractivity contribution < 1.29 is 22.4 Å². The molecule has 3 aromatic rings. The van der Waals surface area contributed by atoms with Gasteiger partial charge in [0, 0.05) is 13.1 Å². The Morgan fingerprint density at radius 1 is 0.951 bits per heavy atom. The van der Waals surface area contributed by atoms with E-state index in [0.717, 1.165) is 22.0 Å². The number of halogens is 3. The maximum absolute atomic E-state index is 14.0. The standard InChI is InChI=1S/C30H34Cl2FN3O4S/c1-5-28(30(38)34-17-20(2)3)35(18-22-8-15-26(31)27(32)16-22)29(37)19-36(24-11-9-23(33)10-12-24)41(39,40)25-13-6-21(4)7-14-25/h6-16,20,28H,5,17-19H2,1-4H3,(H,34,38). The lowest BCUT2D eigenvalue weighted by Gasteiger charge is -2.33. The fourth-order valence-corrected chi connectivity index (χ4v) is 5.89. The van der Waals surface area contributed by atoms with Gasteiger partial charge < -0.3 is 10.2 Å². The third-order valence-corrected chi connectivity index (χ3v) is 8.94. The van der Waals surface area contributed by atoms with E-state index >= 15 is 0 Å². The first kappa shape index (κ1) is 32.4. The number of carbonyl (C=O) groups excluding carboxylic acids is 2. The molecule has 220 valence electrons. The number of benzene rings is 3. The van der Waals surface area contributed by atoms with Gasteiger partial charge in [-0.2, -0.15) is 0 Å². The van der Waals surface area contributed by atoms with Crippen molar-refractivity contribution in [1.29, 1.82) is 0 Å². The molecular weight excluding hydrogens is 588 g/mol.